The van der Waals surface area contributed by atoms with Gasteiger partial charge in [0.15, 0.2) is 6.17 Å². The first-order valence-electron chi connectivity index (χ1n) is 9.43. The van der Waals surface area contributed by atoms with E-state index in [1.807, 2.05) is 37.3 Å². The number of nitrogens with zero attached hydrogens (tertiary/aromatic N) is 2. The van der Waals surface area contributed by atoms with Gasteiger partial charge in [0.1, 0.15) is 5.75 Å². The van der Waals surface area contributed by atoms with Gasteiger partial charge in [0.05, 0.1) is 12.8 Å². The molecular weight excluding hydrogens is 366 g/mol. The molecule has 1 aliphatic rings. The number of methoxy groups -OCH3 is 1. The van der Waals surface area contributed by atoms with E-state index in [1.54, 1.807) is 11.7 Å². The zero-order chi connectivity index (χ0) is 20.5. The van der Waals surface area contributed by atoms with Crippen LogP contribution in [0.3, 0.4) is 0 Å². The highest BCUT2D eigenvalue weighted by Gasteiger charge is 2.29. The van der Waals surface area contributed by atoms with Crippen LogP contribution in [-0.4, -0.2) is 22.6 Å². The molecule has 1 aliphatic heterocycles. The third-order valence-corrected chi connectivity index (χ3v) is 5.06. The van der Waals surface area contributed by atoms with Gasteiger partial charge in [-0.05, 0) is 68.3 Å². The van der Waals surface area contributed by atoms with Crippen LogP contribution in [0.4, 0.5) is 11.6 Å². The van der Waals surface area contributed by atoms with Gasteiger partial charge < -0.3 is 4.74 Å². The van der Waals surface area contributed by atoms with Gasteiger partial charge in [0, 0.05) is 17.3 Å². The van der Waals surface area contributed by atoms with E-state index in [-0.39, 0.29) is 5.56 Å². The molecule has 7 heteroatoms. The minimum absolute atomic E-state index is 0.126. The Labute approximate surface area is 169 Å². The summed E-state index contributed by atoms with van der Waals surface area (Å²) in [7, 11) is 1.63. The number of aromatic nitrogens is 2. The number of fused-ring (bicyclic) bond motifs is 1. The minimum atomic E-state index is -0.410. The summed E-state index contributed by atoms with van der Waals surface area (Å²) in [5.74, 6) is 1.90. The molecule has 1 atom stereocenters. The fourth-order valence-corrected chi connectivity index (χ4v) is 3.34. The topological polar surface area (TPSA) is 82.2 Å². The summed E-state index contributed by atoms with van der Waals surface area (Å²) >= 11 is 0. The first kappa shape index (κ1) is 18.7. The van der Waals surface area contributed by atoms with Crippen molar-refractivity contribution in [1.82, 2.24) is 9.55 Å². The maximum atomic E-state index is 12.7. The highest BCUT2D eigenvalue weighted by molar-refractivity contribution is 5.99. The van der Waals surface area contributed by atoms with Crippen LogP contribution in [-0.2, 0) is 0 Å². The average molecular weight is 390 g/mol. The third kappa shape index (κ3) is 3.71. The van der Waals surface area contributed by atoms with Crippen LogP contribution in [0.25, 0.3) is 0 Å². The molecule has 0 amide bonds. The number of guanidine groups is 1. The molecule has 2 aromatic carbocycles. The highest BCUT2D eigenvalue weighted by Crippen LogP contribution is 2.20. The van der Waals surface area contributed by atoms with E-state index in [1.165, 1.54) is 17.2 Å². The quantitative estimate of drug-likeness (QED) is 0.634. The normalized spacial score (nSPS) is 15.2. The van der Waals surface area contributed by atoms with Crippen LogP contribution in [0.2, 0.25) is 0 Å². The van der Waals surface area contributed by atoms with Crippen molar-refractivity contribution in [1.29, 1.82) is 0 Å². The second-order valence-corrected chi connectivity index (χ2v) is 7.17. The molecule has 0 aliphatic carbocycles. The minimum Gasteiger partial charge on any atom is -0.497 e. The van der Waals surface area contributed by atoms with Crippen molar-refractivity contribution >= 4 is 17.6 Å². The monoisotopic (exact) mass is 390 g/mol. The van der Waals surface area contributed by atoms with Crippen molar-refractivity contribution in [3.63, 3.8) is 0 Å². The van der Waals surface area contributed by atoms with Crippen molar-refractivity contribution in [3.05, 3.63) is 81.3 Å². The summed E-state index contributed by atoms with van der Waals surface area (Å²) in [5, 5.41) is 6.57. The van der Waals surface area contributed by atoms with Gasteiger partial charge in [-0.15, -0.1) is 0 Å². The van der Waals surface area contributed by atoms with Crippen molar-refractivity contribution in [2.75, 3.05) is 17.7 Å². The number of aryl methyl sites for hydroxylation is 3. The fraction of sp³-hybridized carbons (Fsp3) is 0.227. The molecule has 3 N–H and O–H groups in total. The zero-order valence-electron chi connectivity index (χ0n) is 16.9. The van der Waals surface area contributed by atoms with Gasteiger partial charge in [0.2, 0.25) is 0 Å². The number of rotatable bonds is 3. The van der Waals surface area contributed by atoms with E-state index in [4.69, 9.17) is 4.74 Å². The van der Waals surface area contributed by atoms with Gasteiger partial charge in [-0.1, -0.05) is 6.07 Å². The molecule has 7 nitrogen and oxygen atoms in total. The lowest BCUT2D eigenvalue weighted by Gasteiger charge is -2.23. The molecule has 0 saturated carbocycles. The van der Waals surface area contributed by atoms with Crippen molar-refractivity contribution in [2.45, 2.75) is 26.9 Å². The molecule has 29 heavy (non-hydrogen) atoms. The van der Waals surface area contributed by atoms with E-state index < -0.39 is 6.17 Å². The van der Waals surface area contributed by atoms with Crippen LogP contribution in [0.5, 0.6) is 5.75 Å². The van der Waals surface area contributed by atoms with Crippen LogP contribution < -0.4 is 25.9 Å². The predicted octanol–water partition coefficient (Wildman–Crippen LogP) is 1.70. The Morgan fingerprint density at radius 3 is 2.52 bits per heavy atom. The Morgan fingerprint density at radius 1 is 1.07 bits per heavy atom. The Morgan fingerprint density at radius 2 is 1.83 bits per heavy atom. The highest BCUT2D eigenvalue weighted by atomic mass is 16.5. The number of ether oxygens (including phenoxy) is 1. The average Bonchev–Trinajstić information content (AvgIpc) is 2.70. The lowest BCUT2D eigenvalue weighted by molar-refractivity contribution is -0.520. The van der Waals surface area contributed by atoms with E-state index >= 15 is 0 Å². The Kier molecular flexibility index (Phi) is 4.80. The van der Waals surface area contributed by atoms with Gasteiger partial charge in [0.25, 0.3) is 11.5 Å². The molecule has 3 aromatic rings. The molecule has 0 spiro atoms. The van der Waals surface area contributed by atoms with Crippen LogP contribution in [0.15, 0.2) is 53.3 Å². The lowest BCUT2D eigenvalue weighted by Crippen LogP contribution is -2.82. The standard InChI is InChI=1S/C22H23N5O2/c1-13-5-8-17(11-14(13)2)24-21-25-20(16-6-9-18(29-4)10-7-16)27-19(28)12-15(3)23-22(27)26-21/h5-12,20H,1-4H3,(H2,23,24,25,26)/p+1/t20-/m0/s1. The Hall–Kier alpha value is -3.61. The largest absolute Gasteiger partial charge is 0.497 e. The molecule has 0 saturated heterocycles. The number of benzene rings is 2. The smallest absolute Gasteiger partial charge is 0.357 e. The van der Waals surface area contributed by atoms with Crippen LogP contribution >= 0.6 is 0 Å². The summed E-state index contributed by atoms with van der Waals surface area (Å²) in [5.41, 5.74) is 4.83. The maximum Gasteiger partial charge on any atom is 0.357 e. The summed E-state index contributed by atoms with van der Waals surface area (Å²) < 4.78 is 6.87. The molecule has 0 radical (unpaired) electrons. The maximum absolute atomic E-state index is 12.7. The Balaban J connectivity index is 1.77. The molecule has 0 fully saturated rings. The molecule has 0 bridgehead atoms. The van der Waals surface area contributed by atoms with E-state index in [0.29, 0.717) is 17.6 Å². The summed E-state index contributed by atoms with van der Waals surface area (Å²) in [6.45, 7) is 5.97. The third-order valence-electron chi connectivity index (χ3n) is 5.06. The zero-order valence-corrected chi connectivity index (χ0v) is 16.9. The first-order chi connectivity index (χ1) is 13.9. The molecule has 1 aromatic heterocycles. The lowest BCUT2D eigenvalue weighted by atomic mass is 10.1. The number of hydrogen-bond donors (Lipinski definition) is 3. The fourth-order valence-electron chi connectivity index (χ4n) is 3.34. The second kappa shape index (κ2) is 7.43. The van der Waals surface area contributed by atoms with E-state index in [9.17, 15) is 4.79 Å². The van der Waals surface area contributed by atoms with Gasteiger partial charge in [-0.25, -0.2) is 20.2 Å². The molecule has 4 rings (SSSR count). The number of hydrogen-bond acceptors (Lipinski definition) is 5. The molecule has 2 heterocycles. The summed E-state index contributed by atoms with van der Waals surface area (Å²) in [4.78, 5) is 20.6. The van der Waals surface area contributed by atoms with Crippen LogP contribution in [0.1, 0.15) is 28.6 Å². The van der Waals surface area contributed by atoms with Crippen molar-refractivity contribution < 1.29 is 9.73 Å². The predicted molar refractivity (Wildman–Crippen MR) is 113 cm³/mol. The Bertz CT molecular complexity index is 1150. The first-order valence-corrected chi connectivity index (χ1v) is 9.43. The van der Waals surface area contributed by atoms with Crippen molar-refractivity contribution in [3.8, 4) is 5.75 Å². The number of nitrogens with one attached hydrogen (secondary N) is 3. The van der Waals surface area contributed by atoms with E-state index in [0.717, 1.165) is 17.0 Å². The van der Waals surface area contributed by atoms with Gasteiger partial charge >= 0.3 is 5.96 Å². The molecule has 0 unspecified atom stereocenters. The molecular formula is C22H24N5O2+. The van der Waals surface area contributed by atoms with E-state index in [2.05, 4.69) is 46.6 Å². The SMILES string of the molecule is COc1ccc([C@H]2[NH+]=C(Nc3ccc(C)c(C)c3)Nc3nc(C)cc(=O)n32)cc1. The summed E-state index contributed by atoms with van der Waals surface area (Å²) in [6.07, 6.45) is -0.410. The molecule has 148 valence electrons. The number of anilines is 2. The summed E-state index contributed by atoms with van der Waals surface area (Å²) in [6, 6.07) is 15.3. The van der Waals surface area contributed by atoms with Crippen LogP contribution in [0, 0.1) is 20.8 Å². The van der Waals surface area contributed by atoms with Crippen molar-refractivity contribution in [2.24, 2.45) is 0 Å². The second-order valence-electron chi connectivity index (χ2n) is 7.17. The van der Waals surface area contributed by atoms with Gasteiger partial charge in [-0.2, -0.15) is 0 Å². The van der Waals surface area contributed by atoms with Gasteiger partial charge in [-0.3, -0.25) is 9.79 Å².